The van der Waals surface area contributed by atoms with E-state index in [4.69, 9.17) is 5.11 Å². The second-order valence-corrected chi connectivity index (χ2v) is 5.85. The van der Waals surface area contributed by atoms with Gasteiger partial charge in [0.05, 0.1) is 6.54 Å². The van der Waals surface area contributed by atoms with Crippen LogP contribution in [-0.2, 0) is 20.8 Å². The van der Waals surface area contributed by atoms with Gasteiger partial charge in [-0.3, -0.25) is 9.59 Å². The first kappa shape index (κ1) is 18.7. The molecule has 0 fully saturated rings. The van der Waals surface area contributed by atoms with Crippen LogP contribution in [-0.4, -0.2) is 35.5 Å². The zero-order valence-electron chi connectivity index (χ0n) is 13.5. The highest BCUT2D eigenvalue weighted by atomic mass is 16.4. The molecule has 1 aromatic rings. The molecule has 6 nitrogen and oxygen atoms in total. The Labute approximate surface area is 136 Å². The van der Waals surface area contributed by atoms with E-state index in [1.807, 2.05) is 44.2 Å². The van der Waals surface area contributed by atoms with Crippen LogP contribution in [0.25, 0.3) is 0 Å². The third-order valence-corrected chi connectivity index (χ3v) is 3.27. The zero-order valence-corrected chi connectivity index (χ0v) is 13.5. The first-order valence-electron chi connectivity index (χ1n) is 7.71. The Morgan fingerprint density at radius 2 is 1.74 bits per heavy atom. The summed E-state index contributed by atoms with van der Waals surface area (Å²) in [6.45, 7) is 3.55. The van der Waals surface area contributed by atoms with Crippen LogP contribution in [0.15, 0.2) is 30.3 Å². The topological polar surface area (TPSA) is 95.5 Å². The summed E-state index contributed by atoms with van der Waals surface area (Å²) in [5.74, 6) is -1.65. The van der Waals surface area contributed by atoms with Crippen LogP contribution in [0.1, 0.15) is 32.3 Å². The largest absolute Gasteiger partial charge is 0.480 e. The van der Waals surface area contributed by atoms with E-state index in [0.717, 1.165) is 5.56 Å². The normalized spacial score (nSPS) is 11.8. The lowest BCUT2D eigenvalue weighted by atomic mass is 10.0. The van der Waals surface area contributed by atoms with E-state index in [1.54, 1.807) is 0 Å². The average molecular weight is 320 g/mol. The zero-order chi connectivity index (χ0) is 17.2. The number of amides is 2. The average Bonchev–Trinajstić information content (AvgIpc) is 2.50. The molecule has 2 amide bonds. The number of carboxylic acids is 1. The van der Waals surface area contributed by atoms with Crippen molar-refractivity contribution >= 4 is 17.8 Å². The minimum Gasteiger partial charge on any atom is -0.480 e. The van der Waals surface area contributed by atoms with E-state index < -0.39 is 17.9 Å². The Morgan fingerprint density at radius 3 is 2.30 bits per heavy atom. The number of hydrogen-bond donors (Lipinski definition) is 3. The van der Waals surface area contributed by atoms with Crippen molar-refractivity contribution < 1.29 is 19.5 Å². The van der Waals surface area contributed by atoms with Crippen LogP contribution >= 0.6 is 0 Å². The van der Waals surface area contributed by atoms with E-state index in [-0.39, 0.29) is 24.8 Å². The lowest BCUT2D eigenvalue weighted by Crippen LogP contribution is -2.46. The summed E-state index contributed by atoms with van der Waals surface area (Å²) >= 11 is 0. The summed E-state index contributed by atoms with van der Waals surface area (Å²) in [6, 6.07) is 8.66. The van der Waals surface area contributed by atoms with Gasteiger partial charge in [-0.15, -0.1) is 0 Å². The molecule has 0 heterocycles. The summed E-state index contributed by atoms with van der Waals surface area (Å²) in [5.41, 5.74) is 1.05. The minimum atomic E-state index is -1.07. The molecule has 1 atom stereocenters. The van der Waals surface area contributed by atoms with Gasteiger partial charge in [-0.2, -0.15) is 0 Å². The lowest BCUT2D eigenvalue weighted by Gasteiger charge is -2.16. The maximum atomic E-state index is 11.7. The molecular formula is C17H24N2O4. The molecule has 1 aromatic carbocycles. The summed E-state index contributed by atoms with van der Waals surface area (Å²) < 4.78 is 0. The SMILES string of the molecule is CC(C)C[C@H](NC(=O)CNC(=O)CCc1ccccc1)C(=O)O. The Morgan fingerprint density at radius 1 is 1.09 bits per heavy atom. The molecule has 0 saturated carbocycles. The lowest BCUT2D eigenvalue weighted by molar-refractivity contribution is -0.142. The maximum Gasteiger partial charge on any atom is 0.326 e. The molecule has 0 saturated heterocycles. The van der Waals surface area contributed by atoms with Crippen molar-refractivity contribution in [2.24, 2.45) is 5.92 Å². The molecule has 6 heteroatoms. The van der Waals surface area contributed by atoms with Gasteiger partial charge in [0.2, 0.25) is 11.8 Å². The Bertz CT molecular complexity index is 529. The van der Waals surface area contributed by atoms with E-state index in [2.05, 4.69) is 10.6 Å². The number of hydrogen-bond acceptors (Lipinski definition) is 3. The van der Waals surface area contributed by atoms with Crippen LogP contribution in [0, 0.1) is 5.92 Å². The van der Waals surface area contributed by atoms with Crippen molar-refractivity contribution in [3.05, 3.63) is 35.9 Å². The first-order valence-corrected chi connectivity index (χ1v) is 7.71. The molecular weight excluding hydrogens is 296 g/mol. The number of aryl methyl sites for hydroxylation is 1. The van der Waals surface area contributed by atoms with Crippen molar-refractivity contribution in [1.29, 1.82) is 0 Å². The van der Waals surface area contributed by atoms with E-state index in [1.165, 1.54) is 0 Å². The monoisotopic (exact) mass is 320 g/mol. The number of carbonyl (C=O) groups excluding carboxylic acids is 2. The number of nitrogens with one attached hydrogen (secondary N) is 2. The second kappa shape index (κ2) is 9.61. The molecule has 0 radical (unpaired) electrons. The highest BCUT2D eigenvalue weighted by Crippen LogP contribution is 2.05. The Hall–Kier alpha value is -2.37. The molecule has 0 unspecified atom stereocenters. The van der Waals surface area contributed by atoms with E-state index >= 15 is 0 Å². The van der Waals surface area contributed by atoms with Gasteiger partial charge in [0.25, 0.3) is 0 Å². The predicted octanol–water partition coefficient (Wildman–Crippen LogP) is 1.35. The molecule has 126 valence electrons. The van der Waals surface area contributed by atoms with Gasteiger partial charge < -0.3 is 15.7 Å². The van der Waals surface area contributed by atoms with Gasteiger partial charge in [-0.05, 0) is 24.3 Å². The van der Waals surface area contributed by atoms with Crippen LogP contribution in [0.5, 0.6) is 0 Å². The van der Waals surface area contributed by atoms with Gasteiger partial charge in [0.1, 0.15) is 6.04 Å². The fourth-order valence-corrected chi connectivity index (χ4v) is 2.11. The summed E-state index contributed by atoms with van der Waals surface area (Å²) in [7, 11) is 0. The van der Waals surface area contributed by atoms with Crippen molar-refractivity contribution in [3.63, 3.8) is 0 Å². The van der Waals surface area contributed by atoms with Gasteiger partial charge in [0.15, 0.2) is 0 Å². The van der Waals surface area contributed by atoms with Gasteiger partial charge in [-0.25, -0.2) is 4.79 Å². The summed E-state index contributed by atoms with van der Waals surface area (Å²) in [6.07, 6.45) is 1.23. The molecule has 0 aliphatic heterocycles. The first-order chi connectivity index (χ1) is 10.9. The fraction of sp³-hybridized carbons (Fsp3) is 0.471. The highest BCUT2D eigenvalue weighted by molar-refractivity contribution is 5.87. The molecule has 0 bridgehead atoms. The number of benzene rings is 1. The number of aliphatic carboxylic acids is 1. The predicted molar refractivity (Wildman–Crippen MR) is 86.8 cm³/mol. The Kier molecular flexibility index (Phi) is 7.80. The van der Waals surface area contributed by atoms with E-state index in [9.17, 15) is 14.4 Å². The fourth-order valence-electron chi connectivity index (χ4n) is 2.11. The van der Waals surface area contributed by atoms with Crippen molar-refractivity contribution in [1.82, 2.24) is 10.6 Å². The third-order valence-electron chi connectivity index (χ3n) is 3.27. The summed E-state index contributed by atoms with van der Waals surface area (Å²) in [5, 5.41) is 14.0. The molecule has 0 aromatic heterocycles. The van der Waals surface area contributed by atoms with Crippen molar-refractivity contribution in [3.8, 4) is 0 Å². The number of rotatable bonds is 9. The molecule has 23 heavy (non-hydrogen) atoms. The quantitative estimate of drug-likeness (QED) is 0.640. The number of carbonyl (C=O) groups is 3. The molecule has 0 aliphatic rings. The molecule has 0 spiro atoms. The van der Waals surface area contributed by atoms with Gasteiger partial charge in [-0.1, -0.05) is 44.2 Å². The molecule has 3 N–H and O–H groups in total. The second-order valence-electron chi connectivity index (χ2n) is 5.85. The van der Waals surface area contributed by atoms with Gasteiger partial charge >= 0.3 is 5.97 Å². The summed E-state index contributed by atoms with van der Waals surface area (Å²) in [4.78, 5) is 34.5. The standard InChI is InChI=1S/C17H24N2O4/c1-12(2)10-14(17(22)23)19-16(21)11-18-15(20)9-8-13-6-4-3-5-7-13/h3-7,12,14H,8-11H2,1-2H3,(H,18,20)(H,19,21)(H,22,23)/t14-/m0/s1. The van der Waals surface area contributed by atoms with E-state index in [0.29, 0.717) is 12.8 Å². The van der Waals surface area contributed by atoms with Gasteiger partial charge in [0, 0.05) is 6.42 Å². The van der Waals surface area contributed by atoms with Crippen molar-refractivity contribution in [2.45, 2.75) is 39.2 Å². The smallest absolute Gasteiger partial charge is 0.326 e. The molecule has 1 rings (SSSR count). The van der Waals surface area contributed by atoms with Crippen LogP contribution in [0.2, 0.25) is 0 Å². The molecule has 0 aliphatic carbocycles. The van der Waals surface area contributed by atoms with Crippen LogP contribution in [0.3, 0.4) is 0 Å². The third kappa shape index (κ3) is 7.99. The number of carboxylic acid groups (broad SMARTS) is 1. The highest BCUT2D eigenvalue weighted by Gasteiger charge is 2.21. The van der Waals surface area contributed by atoms with Crippen LogP contribution < -0.4 is 10.6 Å². The Balaban J connectivity index is 2.31. The maximum absolute atomic E-state index is 11.7. The minimum absolute atomic E-state index is 0.150. The van der Waals surface area contributed by atoms with Crippen LogP contribution in [0.4, 0.5) is 0 Å². The van der Waals surface area contributed by atoms with Crippen molar-refractivity contribution in [2.75, 3.05) is 6.54 Å².